The molecular formula is C11H12FNO2S. The topological polar surface area (TPSA) is 46.2 Å². The molecule has 1 aliphatic heterocycles. The van der Waals surface area contributed by atoms with Crippen molar-refractivity contribution in [3.8, 4) is 0 Å². The van der Waals surface area contributed by atoms with Crippen LogP contribution in [0.2, 0.25) is 0 Å². The second-order valence-corrected chi connectivity index (χ2v) is 5.49. The molecule has 86 valence electrons. The van der Waals surface area contributed by atoms with Gasteiger partial charge in [0.25, 0.3) is 0 Å². The third-order valence-corrected chi connectivity index (χ3v) is 4.40. The van der Waals surface area contributed by atoms with Crippen LogP contribution >= 0.6 is 0 Å². The molecule has 1 N–H and O–H groups in total. The number of hydrogen-bond acceptors (Lipinski definition) is 3. The van der Waals surface area contributed by atoms with Crippen molar-refractivity contribution in [2.45, 2.75) is 11.8 Å². The number of rotatable bonds is 3. The molecule has 0 radical (unpaired) electrons. The first-order valence-electron chi connectivity index (χ1n) is 5.02. The normalized spacial score (nSPS) is 17.0. The number of hydrogen-bond donors (Lipinski definition) is 1. The van der Waals surface area contributed by atoms with E-state index >= 15 is 0 Å². The fraction of sp³-hybridized carbons (Fsp3) is 0.273. The van der Waals surface area contributed by atoms with E-state index in [1.807, 2.05) is 6.92 Å². The SMILES string of the molecule is CCNCC1=Cc2cccc(F)c2S1(=O)=O. The summed E-state index contributed by atoms with van der Waals surface area (Å²) in [5, 5.41) is 2.93. The average molecular weight is 241 g/mol. The van der Waals surface area contributed by atoms with E-state index < -0.39 is 15.7 Å². The van der Waals surface area contributed by atoms with E-state index in [9.17, 15) is 12.8 Å². The Morgan fingerprint density at radius 2 is 2.12 bits per heavy atom. The van der Waals surface area contributed by atoms with Crippen LogP contribution in [0.4, 0.5) is 4.39 Å². The van der Waals surface area contributed by atoms with E-state index in [0.717, 1.165) is 0 Å². The third kappa shape index (κ3) is 1.66. The average Bonchev–Trinajstić information content (AvgIpc) is 2.48. The molecule has 2 rings (SSSR count). The zero-order valence-corrected chi connectivity index (χ0v) is 9.64. The number of likely N-dealkylation sites (N-methyl/N-ethyl adjacent to an activating group) is 1. The van der Waals surface area contributed by atoms with Gasteiger partial charge >= 0.3 is 0 Å². The Morgan fingerprint density at radius 3 is 2.75 bits per heavy atom. The molecule has 0 aromatic heterocycles. The van der Waals surface area contributed by atoms with Crippen LogP contribution in [0.1, 0.15) is 12.5 Å². The number of fused-ring (bicyclic) bond motifs is 1. The predicted molar refractivity (Wildman–Crippen MR) is 60.1 cm³/mol. The van der Waals surface area contributed by atoms with Crippen LogP contribution in [0, 0.1) is 5.82 Å². The smallest absolute Gasteiger partial charge is 0.207 e. The minimum absolute atomic E-state index is 0.192. The Morgan fingerprint density at radius 1 is 1.38 bits per heavy atom. The lowest BCUT2D eigenvalue weighted by atomic mass is 10.2. The number of nitrogens with one attached hydrogen (secondary N) is 1. The Labute approximate surface area is 93.9 Å². The molecule has 0 amide bonds. The van der Waals surface area contributed by atoms with Crippen molar-refractivity contribution in [2.75, 3.05) is 13.1 Å². The highest BCUT2D eigenvalue weighted by atomic mass is 32.2. The predicted octanol–water partition coefficient (Wildman–Crippen LogP) is 1.56. The van der Waals surface area contributed by atoms with Gasteiger partial charge < -0.3 is 5.32 Å². The zero-order valence-electron chi connectivity index (χ0n) is 8.83. The largest absolute Gasteiger partial charge is 0.312 e. The highest BCUT2D eigenvalue weighted by Gasteiger charge is 2.31. The minimum Gasteiger partial charge on any atom is -0.312 e. The van der Waals surface area contributed by atoms with Gasteiger partial charge in [-0.1, -0.05) is 19.1 Å². The van der Waals surface area contributed by atoms with Crippen LogP contribution < -0.4 is 5.32 Å². The van der Waals surface area contributed by atoms with Crippen molar-refractivity contribution in [3.05, 3.63) is 34.5 Å². The first-order chi connectivity index (χ1) is 7.57. The Bertz CT molecular complexity index is 549. The van der Waals surface area contributed by atoms with Crippen molar-refractivity contribution in [1.82, 2.24) is 5.32 Å². The maximum atomic E-state index is 13.4. The molecule has 1 heterocycles. The van der Waals surface area contributed by atoms with E-state index in [4.69, 9.17) is 0 Å². The van der Waals surface area contributed by atoms with Crippen molar-refractivity contribution in [1.29, 1.82) is 0 Å². The van der Waals surface area contributed by atoms with E-state index in [0.29, 0.717) is 12.1 Å². The molecule has 5 heteroatoms. The van der Waals surface area contributed by atoms with Crippen molar-refractivity contribution < 1.29 is 12.8 Å². The third-order valence-electron chi connectivity index (χ3n) is 2.48. The van der Waals surface area contributed by atoms with E-state index in [1.165, 1.54) is 18.2 Å². The summed E-state index contributed by atoms with van der Waals surface area (Å²) in [6.45, 7) is 2.80. The molecule has 0 fully saturated rings. The van der Waals surface area contributed by atoms with Gasteiger partial charge in [0, 0.05) is 6.54 Å². The van der Waals surface area contributed by atoms with E-state index in [1.54, 1.807) is 6.07 Å². The van der Waals surface area contributed by atoms with Crippen LogP contribution in [0.3, 0.4) is 0 Å². The molecule has 0 unspecified atom stereocenters. The molecule has 0 saturated carbocycles. The minimum atomic E-state index is -3.63. The van der Waals surface area contributed by atoms with E-state index in [-0.39, 0.29) is 16.3 Å². The van der Waals surface area contributed by atoms with E-state index in [2.05, 4.69) is 5.32 Å². The van der Waals surface area contributed by atoms with Crippen LogP contribution in [0.25, 0.3) is 6.08 Å². The lowest BCUT2D eigenvalue weighted by Gasteiger charge is -2.04. The van der Waals surface area contributed by atoms with Gasteiger partial charge in [0.1, 0.15) is 10.7 Å². The second-order valence-electron chi connectivity index (χ2n) is 3.55. The van der Waals surface area contributed by atoms with Crippen LogP contribution in [0.15, 0.2) is 28.0 Å². The van der Waals surface area contributed by atoms with Gasteiger partial charge in [-0.25, -0.2) is 12.8 Å². The Balaban J connectivity index is 2.48. The first-order valence-corrected chi connectivity index (χ1v) is 6.50. The molecule has 3 nitrogen and oxygen atoms in total. The summed E-state index contributed by atoms with van der Waals surface area (Å²) in [5.74, 6) is -0.680. The molecule has 1 aromatic carbocycles. The first kappa shape index (κ1) is 11.3. The maximum Gasteiger partial charge on any atom is 0.207 e. The van der Waals surface area contributed by atoms with Gasteiger partial charge in [0.2, 0.25) is 9.84 Å². The molecule has 0 aliphatic carbocycles. The summed E-state index contributed by atoms with van der Waals surface area (Å²) >= 11 is 0. The monoisotopic (exact) mass is 241 g/mol. The van der Waals surface area contributed by atoms with Gasteiger partial charge in [-0.2, -0.15) is 0 Å². The maximum absolute atomic E-state index is 13.4. The summed E-state index contributed by atoms with van der Waals surface area (Å²) in [7, 11) is -3.63. The molecule has 0 atom stereocenters. The summed E-state index contributed by atoms with van der Waals surface area (Å²) in [5.41, 5.74) is 0.438. The highest BCUT2D eigenvalue weighted by Crippen LogP contribution is 2.33. The number of benzene rings is 1. The van der Waals surface area contributed by atoms with Gasteiger partial charge in [0.05, 0.1) is 4.91 Å². The second kappa shape index (κ2) is 3.99. The van der Waals surface area contributed by atoms with Gasteiger partial charge in [-0.3, -0.25) is 0 Å². The number of sulfone groups is 1. The van der Waals surface area contributed by atoms with Gasteiger partial charge in [0.15, 0.2) is 0 Å². The summed E-state index contributed by atoms with van der Waals surface area (Å²) < 4.78 is 37.4. The molecular weight excluding hydrogens is 229 g/mol. The van der Waals surface area contributed by atoms with Gasteiger partial charge in [-0.15, -0.1) is 0 Å². The molecule has 0 bridgehead atoms. The fourth-order valence-corrected chi connectivity index (χ4v) is 3.30. The molecule has 0 saturated heterocycles. The van der Waals surface area contributed by atoms with Gasteiger partial charge in [-0.05, 0) is 24.3 Å². The van der Waals surface area contributed by atoms with Crippen molar-refractivity contribution in [2.24, 2.45) is 0 Å². The standard InChI is InChI=1S/C11H12FNO2S/c1-2-13-7-9-6-8-4-3-5-10(12)11(8)16(9,14)15/h3-6,13H,2,7H2,1H3. The molecule has 0 spiro atoms. The number of halogens is 1. The lowest BCUT2D eigenvalue weighted by molar-refractivity contribution is 0.571. The van der Waals surface area contributed by atoms with Crippen LogP contribution in [-0.2, 0) is 9.84 Å². The van der Waals surface area contributed by atoms with Crippen LogP contribution in [0.5, 0.6) is 0 Å². The quantitative estimate of drug-likeness (QED) is 0.873. The van der Waals surface area contributed by atoms with Crippen molar-refractivity contribution in [3.63, 3.8) is 0 Å². The lowest BCUT2D eigenvalue weighted by Crippen LogP contribution is -2.19. The Hall–Kier alpha value is -1.20. The summed E-state index contributed by atoms with van der Waals surface area (Å²) in [4.78, 5) is 0.0392. The molecule has 1 aromatic rings. The molecule has 16 heavy (non-hydrogen) atoms. The van der Waals surface area contributed by atoms with Crippen molar-refractivity contribution >= 4 is 15.9 Å². The fourth-order valence-electron chi connectivity index (χ4n) is 1.70. The zero-order chi connectivity index (χ0) is 11.8. The summed E-state index contributed by atoms with van der Waals surface area (Å²) in [6.07, 6.45) is 1.52. The Kier molecular flexibility index (Phi) is 2.82. The van der Waals surface area contributed by atoms with Crippen LogP contribution in [-0.4, -0.2) is 21.5 Å². The summed E-state index contributed by atoms with van der Waals surface area (Å²) in [6, 6.07) is 4.28. The molecule has 1 aliphatic rings. The highest BCUT2D eigenvalue weighted by molar-refractivity contribution is 7.95.